The fourth-order valence-corrected chi connectivity index (χ4v) is 4.57. The number of anilines is 2. The zero-order chi connectivity index (χ0) is 23.0. The Morgan fingerprint density at radius 3 is 2.41 bits per heavy atom. The number of benzene rings is 2. The molecule has 4 N–H and O–H groups in total. The van der Waals surface area contributed by atoms with Crippen molar-refractivity contribution in [1.82, 2.24) is 5.32 Å². The largest absolute Gasteiger partial charge is 0.573 e. The smallest absolute Gasteiger partial charge is 0.406 e. The molecule has 0 aromatic heterocycles. The van der Waals surface area contributed by atoms with E-state index in [0.29, 0.717) is 11.4 Å². The lowest BCUT2D eigenvalue weighted by atomic mass is 9.77. The Morgan fingerprint density at radius 1 is 1.12 bits per heavy atom. The standard InChI is InChI=1S/C21H20F3N3O4S/c22-21(23,24)31-13-8-6-12(7-9-13)27-17-14(19(30)25-11-4-2-1-3-5-11)10-15(28)18(29)16(17)26-20(27)32/h1-9,14-18,28-29H,10H2,(H,25,30)(H,26,32)/t14-,15-,16-,17-,18+/m1/s1. The van der Waals surface area contributed by atoms with Gasteiger partial charge in [-0.1, -0.05) is 18.2 Å². The number of carbonyl (C=O) groups excluding carboxylic acids is 1. The number of carbonyl (C=O) groups is 1. The highest BCUT2D eigenvalue weighted by Crippen LogP contribution is 2.38. The number of aliphatic hydroxyl groups is 2. The minimum atomic E-state index is -4.82. The Hall–Kier alpha value is -2.89. The zero-order valence-electron chi connectivity index (χ0n) is 16.5. The average molecular weight is 467 g/mol. The van der Waals surface area contributed by atoms with E-state index in [1.54, 1.807) is 35.2 Å². The predicted molar refractivity (Wildman–Crippen MR) is 114 cm³/mol. The zero-order valence-corrected chi connectivity index (χ0v) is 17.3. The van der Waals surface area contributed by atoms with Gasteiger partial charge in [-0.2, -0.15) is 0 Å². The number of aliphatic hydroxyl groups excluding tert-OH is 2. The van der Waals surface area contributed by atoms with Crippen LogP contribution in [0.3, 0.4) is 0 Å². The maximum absolute atomic E-state index is 13.1. The molecule has 4 rings (SSSR count). The second-order valence-electron chi connectivity index (χ2n) is 7.63. The molecule has 1 amide bonds. The van der Waals surface area contributed by atoms with Gasteiger partial charge in [-0.15, -0.1) is 13.2 Å². The topological polar surface area (TPSA) is 94.1 Å². The number of fused-ring (bicyclic) bond motifs is 1. The number of para-hydroxylation sites is 1. The van der Waals surface area contributed by atoms with Gasteiger partial charge in [0.1, 0.15) is 11.9 Å². The van der Waals surface area contributed by atoms with Gasteiger partial charge in [0, 0.05) is 11.4 Å². The first-order valence-corrected chi connectivity index (χ1v) is 10.2. The third-order valence-electron chi connectivity index (χ3n) is 5.57. The predicted octanol–water partition coefficient (Wildman–Crippen LogP) is 2.40. The highest BCUT2D eigenvalue weighted by Gasteiger charge is 2.54. The van der Waals surface area contributed by atoms with Crippen LogP contribution in [-0.2, 0) is 4.79 Å². The van der Waals surface area contributed by atoms with Crippen LogP contribution >= 0.6 is 12.2 Å². The summed E-state index contributed by atoms with van der Waals surface area (Å²) < 4.78 is 41.3. The number of ether oxygens (including phenoxy) is 1. The lowest BCUT2D eigenvalue weighted by Crippen LogP contribution is -2.60. The summed E-state index contributed by atoms with van der Waals surface area (Å²) in [5.41, 5.74) is 0.994. The van der Waals surface area contributed by atoms with Gasteiger partial charge in [0.15, 0.2) is 5.11 Å². The molecule has 0 radical (unpaired) electrons. The third kappa shape index (κ3) is 4.50. The summed E-state index contributed by atoms with van der Waals surface area (Å²) in [4.78, 5) is 14.7. The molecule has 7 nitrogen and oxygen atoms in total. The molecule has 0 spiro atoms. The first-order chi connectivity index (χ1) is 15.1. The van der Waals surface area contributed by atoms with Crippen molar-refractivity contribution < 1.29 is 32.9 Å². The molecule has 5 atom stereocenters. The molecule has 11 heteroatoms. The highest BCUT2D eigenvalue weighted by molar-refractivity contribution is 7.80. The van der Waals surface area contributed by atoms with Crippen molar-refractivity contribution in [2.75, 3.05) is 10.2 Å². The fraction of sp³-hybridized carbons (Fsp3) is 0.333. The van der Waals surface area contributed by atoms with Gasteiger partial charge in [-0.25, -0.2) is 0 Å². The van der Waals surface area contributed by atoms with E-state index in [-0.39, 0.29) is 17.4 Å². The molecule has 170 valence electrons. The lowest BCUT2D eigenvalue weighted by molar-refractivity contribution is -0.274. The van der Waals surface area contributed by atoms with Crippen LogP contribution < -0.4 is 20.3 Å². The van der Waals surface area contributed by atoms with Crippen LogP contribution in [0, 0.1) is 5.92 Å². The number of alkyl halides is 3. The van der Waals surface area contributed by atoms with E-state index in [4.69, 9.17) is 12.2 Å². The normalized spacial score (nSPS) is 27.5. The SMILES string of the molecule is O=C(Nc1ccccc1)[C@@H]1C[C@@H](O)[C@H](O)[C@@H]2NC(=S)N(c3ccc(OC(F)(F)F)cc3)[C@@H]21. The van der Waals surface area contributed by atoms with Crippen molar-refractivity contribution in [3.63, 3.8) is 0 Å². The first-order valence-electron chi connectivity index (χ1n) is 9.81. The van der Waals surface area contributed by atoms with E-state index in [1.165, 1.54) is 12.1 Å². The van der Waals surface area contributed by atoms with E-state index in [2.05, 4.69) is 15.4 Å². The van der Waals surface area contributed by atoms with Crippen molar-refractivity contribution in [3.05, 3.63) is 54.6 Å². The number of amides is 1. The molecule has 1 saturated heterocycles. The number of nitrogens with zero attached hydrogens (tertiary/aromatic N) is 1. The molecule has 2 fully saturated rings. The number of thiocarbonyl (C=S) groups is 1. The van der Waals surface area contributed by atoms with E-state index < -0.39 is 42.3 Å². The van der Waals surface area contributed by atoms with E-state index >= 15 is 0 Å². The van der Waals surface area contributed by atoms with Crippen molar-refractivity contribution >= 4 is 34.6 Å². The van der Waals surface area contributed by atoms with Crippen molar-refractivity contribution in [2.24, 2.45) is 5.92 Å². The van der Waals surface area contributed by atoms with E-state index in [0.717, 1.165) is 12.1 Å². The Bertz CT molecular complexity index is 990. The quantitative estimate of drug-likeness (QED) is 0.513. The van der Waals surface area contributed by atoms with Crippen molar-refractivity contribution in [1.29, 1.82) is 0 Å². The van der Waals surface area contributed by atoms with E-state index in [9.17, 15) is 28.2 Å². The summed E-state index contributed by atoms with van der Waals surface area (Å²) in [6.45, 7) is 0. The number of hydrogen-bond donors (Lipinski definition) is 4. The van der Waals surface area contributed by atoms with Gasteiger partial charge >= 0.3 is 6.36 Å². The highest BCUT2D eigenvalue weighted by atomic mass is 32.1. The summed E-state index contributed by atoms with van der Waals surface area (Å²) in [6.07, 6.45) is -7.17. The number of rotatable bonds is 4. The Morgan fingerprint density at radius 2 is 1.78 bits per heavy atom. The Kier molecular flexibility index (Phi) is 5.97. The summed E-state index contributed by atoms with van der Waals surface area (Å²) in [6, 6.07) is 12.4. The van der Waals surface area contributed by atoms with Crippen LogP contribution in [0.4, 0.5) is 24.5 Å². The van der Waals surface area contributed by atoms with Crippen LogP contribution in [0.25, 0.3) is 0 Å². The molecule has 1 aliphatic carbocycles. The molecular formula is C21H20F3N3O4S. The third-order valence-corrected chi connectivity index (χ3v) is 5.89. The maximum Gasteiger partial charge on any atom is 0.573 e. The van der Waals surface area contributed by atoms with Gasteiger partial charge in [0.05, 0.1) is 24.1 Å². The number of hydrogen-bond acceptors (Lipinski definition) is 5. The van der Waals surface area contributed by atoms with Crippen LogP contribution in [0.2, 0.25) is 0 Å². The van der Waals surface area contributed by atoms with Crippen LogP contribution in [0.15, 0.2) is 54.6 Å². The molecule has 1 heterocycles. The number of nitrogens with one attached hydrogen (secondary N) is 2. The molecular weight excluding hydrogens is 447 g/mol. The minimum absolute atomic E-state index is 0.0168. The lowest BCUT2D eigenvalue weighted by Gasteiger charge is -2.41. The molecule has 1 aliphatic heterocycles. The summed E-state index contributed by atoms with van der Waals surface area (Å²) in [5, 5.41) is 26.8. The summed E-state index contributed by atoms with van der Waals surface area (Å²) in [7, 11) is 0. The molecule has 0 bridgehead atoms. The molecule has 1 saturated carbocycles. The van der Waals surface area contributed by atoms with Crippen molar-refractivity contribution in [2.45, 2.75) is 37.1 Å². The minimum Gasteiger partial charge on any atom is -0.406 e. The molecule has 32 heavy (non-hydrogen) atoms. The van der Waals surface area contributed by atoms with Gasteiger partial charge in [-0.05, 0) is 55.0 Å². The first kappa shape index (κ1) is 22.3. The molecule has 0 unspecified atom stereocenters. The van der Waals surface area contributed by atoms with Gasteiger partial charge < -0.3 is 30.5 Å². The number of halogens is 3. The van der Waals surface area contributed by atoms with Crippen LogP contribution in [0.5, 0.6) is 5.75 Å². The Balaban J connectivity index is 1.63. The van der Waals surface area contributed by atoms with Gasteiger partial charge in [-0.3, -0.25) is 4.79 Å². The van der Waals surface area contributed by atoms with Crippen molar-refractivity contribution in [3.8, 4) is 5.75 Å². The van der Waals surface area contributed by atoms with E-state index in [1.807, 2.05) is 0 Å². The second-order valence-corrected chi connectivity index (χ2v) is 8.02. The Labute approximate surface area is 186 Å². The maximum atomic E-state index is 13.1. The van der Waals surface area contributed by atoms with Crippen LogP contribution in [-0.4, -0.2) is 51.9 Å². The second kappa shape index (κ2) is 8.57. The molecule has 2 aromatic carbocycles. The van der Waals surface area contributed by atoms with Crippen LogP contribution in [0.1, 0.15) is 6.42 Å². The summed E-state index contributed by atoms with van der Waals surface area (Å²) >= 11 is 5.40. The molecule has 2 aromatic rings. The van der Waals surface area contributed by atoms with Gasteiger partial charge in [0.2, 0.25) is 5.91 Å². The molecule has 2 aliphatic rings. The fourth-order valence-electron chi connectivity index (χ4n) is 4.21. The van der Waals surface area contributed by atoms with Gasteiger partial charge in [0.25, 0.3) is 0 Å². The summed E-state index contributed by atoms with van der Waals surface area (Å²) in [5.74, 6) is -1.53. The average Bonchev–Trinajstić information content (AvgIpc) is 3.08. The monoisotopic (exact) mass is 467 g/mol.